The van der Waals surface area contributed by atoms with Crippen molar-refractivity contribution in [1.29, 1.82) is 0 Å². The van der Waals surface area contributed by atoms with E-state index in [4.69, 9.17) is 15.3 Å². The second kappa shape index (κ2) is 2.15. The molecule has 0 fully saturated rings. The van der Waals surface area contributed by atoms with Crippen molar-refractivity contribution >= 4 is 11.9 Å². The first-order chi connectivity index (χ1) is 5.04. The molecule has 1 aliphatic heterocycles. The van der Waals surface area contributed by atoms with Crippen molar-refractivity contribution in [2.75, 3.05) is 0 Å². The number of carbonyl (C=O) groups excluding carboxylic acids is 1. The van der Waals surface area contributed by atoms with Crippen molar-refractivity contribution in [3.05, 3.63) is 11.5 Å². The summed E-state index contributed by atoms with van der Waals surface area (Å²) >= 11 is 0. The standard InChI is InChI=1S/C5H4O6/c6-1-2(7)5(10)11-3(1)4(8)9/h3,6-7H,(H,8,9)/t3-/m1/s1. The maximum Gasteiger partial charge on any atom is 0.378 e. The molecule has 0 aromatic rings. The summed E-state index contributed by atoms with van der Waals surface area (Å²) in [4.78, 5) is 20.5. The van der Waals surface area contributed by atoms with Crippen molar-refractivity contribution in [1.82, 2.24) is 0 Å². The Hall–Kier alpha value is -1.72. The van der Waals surface area contributed by atoms with Crippen LogP contribution in [0.2, 0.25) is 0 Å². The van der Waals surface area contributed by atoms with Gasteiger partial charge in [0.25, 0.3) is 6.10 Å². The van der Waals surface area contributed by atoms with Crippen LogP contribution in [0.3, 0.4) is 0 Å². The van der Waals surface area contributed by atoms with Crippen molar-refractivity contribution in [2.45, 2.75) is 6.10 Å². The number of carboxylic acid groups (broad SMARTS) is 1. The molecular weight excluding hydrogens is 156 g/mol. The smallest absolute Gasteiger partial charge is 0.378 e. The first kappa shape index (κ1) is 7.39. The molecule has 1 atom stereocenters. The molecule has 11 heavy (non-hydrogen) atoms. The Morgan fingerprint density at radius 1 is 1.45 bits per heavy atom. The third kappa shape index (κ3) is 0.977. The number of hydrogen-bond donors (Lipinski definition) is 3. The summed E-state index contributed by atoms with van der Waals surface area (Å²) in [6.07, 6.45) is -1.76. The van der Waals surface area contributed by atoms with E-state index in [1.54, 1.807) is 0 Å². The van der Waals surface area contributed by atoms with Crippen LogP contribution in [0.1, 0.15) is 0 Å². The molecule has 0 radical (unpaired) electrons. The quantitative estimate of drug-likeness (QED) is 0.439. The minimum absolute atomic E-state index is 0.956. The minimum Gasteiger partial charge on any atom is -0.505 e. The number of carbonyl (C=O) groups is 2. The second-order valence-electron chi connectivity index (χ2n) is 1.86. The van der Waals surface area contributed by atoms with Crippen LogP contribution in [0.4, 0.5) is 0 Å². The van der Waals surface area contributed by atoms with Crippen molar-refractivity contribution in [3.63, 3.8) is 0 Å². The molecule has 0 unspecified atom stereocenters. The van der Waals surface area contributed by atoms with E-state index in [9.17, 15) is 9.59 Å². The number of rotatable bonds is 1. The van der Waals surface area contributed by atoms with E-state index in [0.29, 0.717) is 0 Å². The first-order valence-corrected chi connectivity index (χ1v) is 2.60. The number of hydrogen-bond acceptors (Lipinski definition) is 5. The molecule has 6 nitrogen and oxygen atoms in total. The number of aliphatic carboxylic acids is 1. The normalized spacial score (nSPS) is 23.6. The average molecular weight is 160 g/mol. The van der Waals surface area contributed by atoms with Crippen molar-refractivity contribution in [3.8, 4) is 0 Å². The van der Waals surface area contributed by atoms with Gasteiger partial charge in [-0.25, -0.2) is 9.59 Å². The van der Waals surface area contributed by atoms with E-state index in [1.165, 1.54) is 0 Å². The molecule has 0 saturated carbocycles. The van der Waals surface area contributed by atoms with Crippen molar-refractivity contribution < 1.29 is 29.6 Å². The fourth-order valence-electron chi connectivity index (χ4n) is 0.615. The predicted octanol–water partition coefficient (Wildman–Crippen LogP) is -0.676. The predicted molar refractivity (Wildman–Crippen MR) is 29.8 cm³/mol. The highest BCUT2D eigenvalue weighted by molar-refractivity contribution is 5.94. The number of aliphatic hydroxyl groups is 2. The lowest BCUT2D eigenvalue weighted by molar-refractivity contribution is -0.157. The fourth-order valence-corrected chi connectivity index (χ4v) is 0.615. The number of ether oxygens (including phenoxy) is 1. The zero-order valence-electron chi connectivity index (χ0n) is 5.14. The first-order valence-electron chi connectivity index (χ1n) is 2.60. The molecule has 1 rings (SSSR count). The molecule has 1 heterocycles. The molecule has 0 aromatic heterocycles. The Morgan fingerprint density at radius 2 is 2.00 bits per heavy atom. The molecule has 0 bridgehead atoms. The van der Waals surface area contributed by atoms with Crippen LogP contribution < -0.4 is 0 Å². The van der Waals surface area contributed by atoms with Crippen LogP contribution in [0.15, 0.2) is 11.5 Å². The van der Waals surface area contributed by atoms with Gasteiger partial charge in [0.05, 0.1) is 0 Å². The molecule has 6 heteroatoms. The monoisotopic (exact) mass is 160 g/mol. The van der Waals surface area contributed by atoms with Crippen LogP contribution in [-0.2, 0) is 14.3 Å². The summed E-state index contributed by atoms with van der Waals surface area (Å²) in [6, 6.07) is 0. The number of aliphatic hydroxyl groups excluding tert-OH is 2. The fraction of sp³-hybridized carbons (Fsp3) is 0.200. The molecular formula is C5H4O6. The molecule has 0 amide bonds. The zero-order valence-corrected chi connectivity index (χ0v) is 5.14. The highest BCUT2D eigenvalue weighted by atomic mass is 16.6. The molecule has 0 saturated heterocycles. The van der Waals surface area contributed by atoms with Gasteiger partial charge in [-0.1, -0.05) is 0 Å². The maximum atomic E-state index is 10.3. The van der Waals surface area contributed by atoms with Gasteiger partial charge in [-0.3, -0.25) is 0 Å². The van der Waals surface area contributed by atoms with E-state index in [1.807, 2.05) is 0 Å². The summed E-state index contributed by atoms with van der Waals surface area (Å²) in [5.41, 5.74) is 0. The topological polar surface area (TPSA) is 104 Å². The van der Waals surface area contributed by atoms with E-state index >= 15 is 0 Å². The maximum absolute atomic E-state index is 10.3. The summed E-state index contributed by atoms with van der Waals surface area (Å²) in [7, 11) is 0. The van der Waals surface area contributed by atoms with Crippen LogP contribution in [0, 0.1) is 0 Å². The average Bonchev–Trinajstić information content (AvgIpc) is 2.17. The van der Waals surface area contributed by atoms with Gasteiger partial charge in [0, 0.05) is 0 Å². The second-order valence-corrected chi connectivity index (χ2v) is 1.86. The van der Waals surface area contributed by atoms with Crippen LogP contribution >= 0.6 is 0 Å². The summed E-state index contributed by atoms with van der Waals surface area (Å²) in [6.45, 7) is 0. The Bertz CT molecular complexity index is 252. The van der Waals surface area contributed by atoms with Crippen LogP contribution in [0.5, 0.6) is 0 Å². The molecule has 0 spiro atoms. The Balaban J connectivity index is 2.95. The number of esters is 1. The van der Waals surface area contributed by atoms with Gasteiger partial charge >= 0.3 is 11.9 Å². The summed E-state index contributed by atoms with van der Waals surface area (Å²) < 4.78 is 4.03. The highest BCUT2D eigenvalue weighted by Gasteiger charge is 2.39. The highest BCUT2D eigenvalue weighted by Crippen LogP contribution is 2.17. The zero-order chi connectivity index (χ0) is 8.59. The lowest BCUT2D eigenvalue weighted by Crippen LogP contribution is -2.22. The van der Waals surface area contributed by atoms with Gasteiger partial charge in [-0.2, -0.15) is 0 Å². The molecule has 0 aromatic carbocycles. The van der Waals surface area contributed by atoms with Gasteiger partial charge < -0.3 is 20.1 Å². The number of cyclic esters (lactones) is 1. The molecule has 3 N–H and O–H groups in total. The Labute approximate surface area is 60.3 Å². The lowest BCUT2D eigenvalue weighted by Gasteiger charge is -2.01. The minimum atomic E-state index is -1.76. The largest absolute Gasteiger partial charge is 0.505 e. The van der Waals surface area contributed by atoms with E-state index in [2.05, 4.69) is 4.74 Å². The molecule has 0 aliphatic carbocycles. The van der Waals surface area contributed by atoms with Gasteiger partial charge in [-0.05, 0) is 0 Å². The summed E-state index contributed by atoms with van der Waals surface area (Å²) in [5.74, 6) is -4.75. The van der Waals surface area contributed by atoms with E-state index in [0.717, 1.165) is 0 Å². The third-order valence-corrected chi connectivity index (χ3v) is 1.13. The van der Waals surface area contributed by atoms with Gasteiger partial charge in [0.2, 0.25) is 5.76 Å². The van der Waals surface area contributed by atoms with Gasteiger partial charge in [-0.15, -0.1) is 0 Å². The van der Waals surface area contributed by atoms with Gasteiger partial charge in [0.15, 0.2) is 5.76 Å². The lowest BCUT2D eigenvalue weighted by atomic mass is 10.3. The van der Waals surface area contributed by atoms with Crippen LogP contribution in [0.25, 0.3) is 0 Å². The van der Waals surface area contributed by atoms with E-state index < -0.39 is 29.6 Å². The van der Waals surface area contributed by atoms with Gasteiger partial charge in [0.1, 0.15) is 0 Å². The molecule has 1 aliphatic rings. The Morgan fingerprint density at radius 3 is 2.18 bits per heavy atom. The van der Waals surface area contributed by atoms with E-state index in [-0.39, 0.29) is 0 Å². The van der Waals surface area contributed by atoms with Crippen molar-refractivity contribution in [2.24, 2.45) is 0 Å². The van der Waals surface area contributed by atoms with Crippen LogP contribution in [-0.4, -0.2) is 33.4 Å². The SMILES string of the molecule is O=C1O[C@@H](C(=O)O)C(O)=C1O. The number of carboxylic acids is 1. The summed E-state index contributed by atoms with van der Waals surface area (Å²) in [5, 5.41) is 25.5. The molecule has 60 valence electrons. The third-order valence-electron chi connectivity index (χ3n) is 1.13. The Kier molecular flexibility index (Phi) is 1.45.